The summed E-state index contributed by atoms with van der Waals surface area (Å²) in [6, 6.07) is 3.76. The van der Waals surface area contributed by atoms with E-state index < -0.39 is 30.0 Å². The van der Waals surface area contributed by atoms with Crippen molar-refractivity contribution in [3.63, 3.8) is 0 Å². The molecular weight excluding hydrogens is 444 g/mol. The largest absolute Gasteiger partial charge is 0.444 e. The average molecular weight is 464 g/mol. The van der Waals surface area contributed by atoms with E-state index in [0.717, 1.165) is 8.66 Å². The lowest BCUT2D eigenvalue weighted by Gasteiger charge is -2.20. The van der Waals surface area contributed by atoms with Crippen LogP contribution in [0.4, 0.5) is 13.6 Å². The first-order valence-corrected chi connectivity index (χ1v) is 9.66. The van der Waals surface area contributed by atoms with Crippen molar-refractivity contribution in [2.75, 3.05) is 6.54 Å². The molecule has 0 radical (unpaired) electrons. The lowest BCUT2D eigenvalue weighted by atomic mass is 10.2. The van der Waals surface area contributed by atoms with E-state index in [2.05, 4.69) is 21.2 Å². The van der Waals surface area contributed by atoms with E-state index in [1.807, 2.05) is 12.1 Å². The number of hydrogen-bond donors (Lipinski definition) is 1. The fourth-order valence-corrected chi connectivity index (χ4v) is 3.66. The minimum absolute atomic E-state index is 0.321. The Labute approximate surface area is 167 Å². The van der Waals surface area contributed by atoms with Crippen LogP contribution in [0, 0.1) is 0 Å². The maximum Gasteiger partial charge on any atom is 0.407 e. The zero-order valence-electron chi connectivity index (χ0n) is 15.1. The predicted octanol–water partition coefficient (Wildman–Crippen LogP) is 4.20. The topological polar surface area (TPSA) is 65.3 Å². The lowest BCUT2D eigenvalue weighted by Crippen LogP contribution is -2.34. The van der Waals surface area contributed by atoms with Gasteiger partial charge in [-0.2, -0.15) is 8.78 Å². The number of rotatable bonds is 6. The van der Waals surface area contributed by atoms with Crippen LogP contribution in [0.5, 0.6) is 0 Å². The Balaban J connectivity index is 2.04. The van der Waals surface area contributed by atoms with Crippen LogP contribution in [0.3, 0.4) is 0 Å². The van der Waals surface area contributed by atoms with Crippen LogP contribution < -0.4 is 11.0 Å². The lowest BCUT2D eigenvalue weighted by molar-refractivity contribution is 0.0531. The van der Waals surface area contributed by atoms with Crippen LogP contribution in [0.2, 0.25) is 0 Å². The minimum Gasteiger partial charge on any atom is -0.444 e. The zero-order chi connectivity index (χ0) is 20.2. The summed E-state index contributed by atoms with van der Waals surface area (Å²) in [7, 11) is 0. The highest BCUT2D eigenvalue weighted by molar-refractivity contribution is 9.11. The summed E-state index contributed by atoms with van der Waals surface area (Å²) in [6.45, 7) is 4.65. The number of nitrogens with zero attached hydrogens (tertiary/aromatic N) is 2. The van der Waals surface area contributed by atoms with Crippen molar-refractivity contribution in [2.24, 2.45) is 0 Å². The average Bonchev–Trinajstić information content (AvgIpc) is 3.09. The molecule has 1 amide bonds. The monoisotopic (exact) mass is 463 g/mol. The molecule has 0 saturated carbocycles. The highest BCUT2D eigenvalue weighted by atomic mass is 79.9. The molecule has 2 aromatic rings. The molecule has 0 atom stereocenters. The Morgan fingerprint density at radius 3 is 2.48 bits per heavy atom. The SMILES string of the molecule is CC(C)(C)OC(=O)NCC(Cn1ccn(Cc2ccc(Br)s2)c1=O)=C(F)F. The molecule has 0 aliphatic heterocycles. The van der Waals surface area contributed by atoms with Gasteiger partial charge in [0.2, 0.25) is 0 Å². The zero-order valence-corrected chi connectivity index (χ0v) is 17.5. The van der Waals surface area contributed by atoms with Crippen LogP contribution >= 0.6 is 27.3 Å². The number of alkyl carbamates (subject to hydrolysis) is 1. The Morgan fingerprint density at radius 2 is 1.93 bits per heavy atom. The molecule has 0 saturated heterocycles. The number of aromatic nitrogens is 2. The van der Waals surface area contributed by atoms with Crippen LogP contribution in [0.15, 0.2) is 44.8 Å². The van der Waals surface area contributed by atoms with Crippen molar-refractivity contribution in [1.29, 1.82) is 0 Å². The molecule has 0 aliphatic carbocycles. The van der Waals surface area contributed by atoms with Gasteiger partial charge in [-0.15, -0.1) is 11.3 Å². The first-order chi connectivity index (χ1) is 12.5. The highest BCUT2D eigenvalue weighted by Crippen LogP contribution is 2.22. The fraction of sp³-hybridized carbons (Fsp3) is 0.412. The van der Waals surface area contributed by atoms with Crippen molar-refractivity contribution in [3.05, 3.63) is 55.3 Å². The molecule has 10 heteroatoms. The molecule has 6 nitrogen and oxygen atoms in total. The van der Waals surface area contributed by atoms with Crippen molar-refractivity contribution in [2.45, 2.75) is 39.5 Å². The van der Waals surface area contributed by atoms with Gasteiger partial charge in [-0.3, -0.25) is 9.13 Å². The molecule has 2 rings (SSSR count). The Bertz CT molecular complexity index is 892. The van der Waals surface area contributed by atoms with Gasteiger partial charge in [0, 0.05) is 29.4 Å². The number of carbonyl (C=O) groups is 1. The van der Waals surface area contributed by atoms with Crippen molar-refractivity contribution in [3.8, 4) is 0 Å². The van der Waals surface area contributed by atoms with Crippen LogP contribution in [0.1, 0.15) is 25.6 Å². The third-order valence-electron chi connectivity index (χ3n) is 3.35. The molecule has 0 aromatic carbocycles. The molecule has 27 heavy (non-hydrogen) atoms. The second-order valence-corrected chi connectivity index (χ2v) is 9.31. The van der Waals surface area contributed by atoms with Gasteiger partial charge >= 0.3 is 11.8 Å². The number of amides is 1. The molecule has 2 heterocycles. The van der Waals surface area contributed by atoms with E-state index in [4.69, 9.17) is 4.74 Å². The van der Waals surface area contributed by atoms with E-state index >= 15 is 0 Å². The second-order valence-electron chi connectivity index (χ2n) is 6.76. The number of thiophene rings is 1. The van der Waals surface area contributed by atoms with Gasteiger partial charge in [0.25, 0.3) is 6.08 Å². The Morgan fingerprint density at radius 1 is 1.26 bits per heavy atom. The molecule has 0 unspecified atom stereocenters. The summed E-state index contributed by atoms with van der Waals surface area (Å²) < 4.78 is 35.0. The number of carbonyl (C=O) groups excluding carboxylic acids is 1. The van der Waals surface area contributed by atoms with Crippen LogP contribution in [0.25, 0.3) is 0 Å². The number of ether oxygens (including phenoxy) is 1. The van der Waals surface area contributed by atoms with Gasteiger partial charge in [0.1, 0.15) is 5.60 Å². The van der Waals surface area contributed by atoms with E-state index in [1.165, 1.54) is 26.7 Å². The van der Waals surface area contributed by atoms with E-state index in [1.54, 1.807) is 27.0 Å². The highest BCUT2D eigenvalue weighted by Gasteiger charge is 2.18. The summed E-state index contributed by atoms with van der Waals surface area (Å²) in [5, 5.41) is 2.28. The summed E-state index contributed by atoms with van der Waals surface area (Å²) in [6.07, 6.45) is 0.259. The van der Waals surface area contributed by atoms with Gasteiger partial charge < -0.3 is 10.1 Å². The maximum absolute atomic E-state index is 13.2. The van der Waals surface area contributed by atoms with Gasteiger partial charge in [0.15, 0.2) is 0 Å². The predicted molar refractivity (Wildman–Crippen MR) is 103 cm³/mol. The third kappa shape index (κ3) is 6.62. The molecule has 0 bridgehead atoms. The summed E-state index contributed by atoms with van der Waals surface area (Å²) in [5.74, 6) is 0. The number of imidazole rings is 1. The molecule has 0 spiro atoms. The summed E-state index contributed by atoms with van der Waals surface area (Å²) in [5.41, 5.74) is -1.50. The number of halogens is 3. The molecule has 0 aliphatic rings. The standard InChI is InChI=1S/C17H20BrF2N3O3S/c1-17(2,3)26-15(24)21-8-11(14(19)20)9-22-6-7-23(16(22)25)10-12-4-5-13(18)27-12/h4-7H,8-10H2,1-3H3,(H,21,24). The van der Waals surface area contributed by atoms with Gasteiger partial charge in [-0.1, -0.05) is 0 Å². The fourth-order valence-electron chi connectivity index (χ4n) is 2.18. The van der Waals surface area contributed by atoms with Crippen molar-refractivity contribution >= 4 is 33.4 Å². The third-order valence-corrected chi connectivity index (χ3v) is 4.95. The Hall–Kier alpha value is -1.94. The molecule has 1 N–H and O–H groups in total. The van der Waals surface area contributed by atoms with E-state index in [-0.39, 0.29) is 12.1 Å². The maximum atomic E-state index is 13.2. The molecule has 2 aromatic heterocycles. The van der Waals surface area contributed by atoms with Crippen LogP contribution in [-0.4, -0.2) is 27.4 Å². The van der Waals surface area contributed by atoms with Crippen molar-refractivity contribution < 1.29 is 18.3 Å². The molecular formula is C17H20BrF2N3O3S. The normalized spacial score (nSPS) is 11.3. The minimum atomic E-state index is -1.94. The van der Waals surface area contributed by atoms with Gasteiger partial charge in [-0.25, -0.2) is 9.59 Å². The van der Waals surface area contributed by atoms with E-state index in [0.29, 0.717) is 6.54 Å². The quantitative estimate of drug-likeness (QED) is 0.697. The van der Waals surface area contributed by atoms with Crippen LogP contribution in [-0.2, 0) is 17.8 Å². The first kappa shape index (κ1) is 21.4. The van der Waals surface area contributed by atoms with Gasteiger partial charge in [0.05, 0.1) is 16.9 Å². The smallest absolute Gasteiger partial charge is 0.407 e. The Kier molecular flexibility index (Phi) is 6.99. The number of hydrogen-bond acceptors (Lipinski definition) is 4. The number of nitrogens with one attached hydrogen (secondary N) is 1. The van der Waals surface area contributed by atoms with Crippen molar-refractivity contribution in [1.82, 2.24) is 14.5 Å². The molecule has 148 valence electrons. The second kappa shape index (κ2) is 8.83. The summed E-state index contributed by atoms with van der Waals surface area (Å²) in [4.78, 5) is 25.0. The van der Waals surface area contributed by atoms with Gasteiger partial charge in [-0.05, 0) is 48.8 Å². The first-order valence-electron chi connectivity index (χ1n) is 8.05. The van der Waals surface area contributed by atoms with E-state index in [9.17, 15) is 18.4 Å². The molecule has 0 fully saturated rings. The summed E-state index contributed by atoms with van der Waals surface area (Å²) >= 11 is 4.85.